The van der Waals surface area contributed by atoms with Crippen molar-refractivity contribution in [2.75, 3.05) is 6.61 Å². The Morgan fingerprint density at radius 1 is 0.730 bits per heavy atom. The highest BCUT2D eigenvalue weighted by atomic mass is 19.2. The zero-order valence-electron chi connectivity index (χ0n) is 20.5. The van der Waals surface area contributed by atoms with Crippen LogP contribution in [-0.2, 0) is 6.42 Å². The first-order valence-electron chi connectivity index (χ1n) is 12.2. The first kappa shape index (κ1) is 26.1. The van der Waals surface area contributed by atoms with Gasteiger partial charge >= 0.3 is 0 Å². The number of hydrogen-bond acceptors (Lipinski definition) is 2. The van der Waals surface area contributed by atoms with Crippen molar-refractivity contribution in [3.05, 3.63) is 108 Å². The average molecular weight is 506 g/mol. The summed E-state index contributed by atoms with van der Waals surface area (Å²) in [4.78, 5) is 4.33. The lowest BCUT2D eigenvalue weighted by atomic mass is 9.97. The Morgan fingerprint density at radius 3 is 1.92 bits per heavy atom. The van der Waals surface area contributed by atoms with E-state index in [1.54, 1.807) is 12.3 Å². The van der Waals surface area contributed by atoms with E-state index in [9.17, 15) is 8.78 Å². The van der Waals surface area contributed by atoms with Crippen molar-refractivity contribution in [3.8, 4) is 39.3 Å². The smallest absolute Gasteiger partial charge is 0.201 e. The lowest BCUT2D eigenvalue weighted by Crippen LogP contribution is -1.99. The molecule has 1 heterocycles. The molecule has 0 amide bonds. The maximum atomic E-state index is 15.1. The Bertz CT molecular complexity index is 1380. The fraction of sp³-hybridized carbons (Fsp3) is 0.194. The van der Waals surface area contributed by atoms with Crippen molar-refractivity contribution in [2.24, 2.45) is 0 Å². The van der Waals surface area contributed by atoms with Crippen molar-refractivity contribution in [3.63, 3.8) is 0 Å². The maximum Gasteiger partial charge on any atom is 0.201 e. The molecule has 0 bridgehead atoms. The number of unbranched alkanes of at least 4 members (excludes halogenated alkanes) is 2. The molecular weight excluding hydrogens is 478 g/mol. The molecule has 3 aromatic carbocycles. The van der Waals surface area contributed by atoms with E-state index in [1.807, 2.05) is 6.07 Å². The van der Waals surface area contributed by atoms with Crippen molar-refractivity contribution >= 4 is 0 Å². The second kappa shape index (κ2) is 11.9. The number of pyridine rings is 1. The van der Waals surface area contributed by atoms with Gasteiger partial charge in [-0.2, -0.15) is 4.39 Å². The van der Waals surface area contributed by atoms with Crippen LogP contribution in [0.5, 0.6) is 5.75 Å². The minimum atomic E-state index is -1.10. The van der Waals surface area contributed by atoms with Crippen molar-refractivity contribution < 1.29 is 22.3 Å². The summed E-state index contributed by atoms with van der Waals surface area (Å²) in [6.45, 7) is 5.66. The number of nitrogens with zero attached hydrogens (tertiary/aromatic N) is 1. The van der Waals surface area contributed by atoms with Gasteiger partial charge in [-0.05, 0) is 53.8 Å². The van der Waals surface area contributed by atoms with E-state index >= 15 is 8.78 Å². The molecule has 0 atom stereocenters. The van der Waals surface area contributed by atoms with E-state index in [-0.39, 0.29) is 29.0 Å². The molecule has 0 aliphatic heterocycles. The summed E-state index contributed by atoms with van der Waals surface area (Å²) in [6, 6.07) is 15.5. The number of benzene rings is 3. The molecule has 1 aromatic heterocycles. The minimum Gasteiger partial charge on any atom is -0.486 e. The van der Waals surface area contributed by atoms with Crippen LogP contribution in [0.15, 0.2) is 79.5 Å². The number of aryl methyl sites for hydroxylation is 1. The van der Waals surface area contributed by atoms with Crippen LogP contribution in [0.1, 0.15) is 31.7 Å². The molecule has 4 rings (SSSR count). The Labute approximate surface area is 214 Å². The van der Waals surface area contributed by atoms with Crippen molar-refractivity contribution in [2.45, 2.75) is 32.6 Å². The minimum absolute atomic E-state index is 0.0289. The third kappa shape index (κ3) is 5.74. The molecule has 6 heteroatoms. The number of rotatable bonds is 10. The van der Waals surface area contributed by atoms with Crippen LogP contribution in [0, 0.1) is 23.3 Å². The van der Waals surface area contributed by atoms with Crippen LogP contribution in [0.25, 0.3) is 33.5 Å². The van der Waals surface area contributed by atoms with Gasteiger partial charge in [0.25, 0.3) is 0 Å². The SMILES string of the molecule is C=CCOc1ccc(-c2ccc(-c3ccc(-c4ccc(CCCCC)cn4)c(F)c3F)cc2)c(F)c1F. The molecule has 0 saturated carbocycles. The summed E-state index contributed by atoms with van der Waals surface area (Å²) in [6.07, 6.45) is 7.35. The third-order valence-corrected chi connectivity index (χ3v) is 6.16. The molecular formula is C31H27F4NO. The van der Waals surface area contributed by atoms with Crippen molar-refractivity contribution in [1.29, 1.82) is 0 Å². The molecule has 0 fully saturated rings. The second-order valence-electron chi connectivity index (χ2n) is 8.71. The van der Waals surface area contributed by atoms with E-state index in [2.05, 4.69) is 18.5 Å². The fourth-order valence-corrected chi connectivity index (χ4v) is 4.13. The first-order chi connectivity index (χ1) is 17.9. The van der Waals surface area contributed by atoms with Gasteiger partial charge in [0.15, 0.2) is 23.2 Å². The quantitative estimate of drug-likeness (QED) is 0.122. The summed E-state index contributed by atoms with van der Waals surface area (Å²) in [5, 5.41) is 0. The number of aromatic nitrogens is 1. The molecule has 0 saturated heterocycles. The second-order valence-corrected chi connectivity index (χ2v) is 8.71. The number of hydrogen-bond donors (Lipinski definition) is 0. The van der Waals surface area contributed by atoms with Gasteiger partial charge < -0.3 is 4.74 Å². The maximum absolute atomic E-state index is 15.1. The molecule has 0 unspecified atom stereocenters. The summed E-state index contributed by atoms with van der Waals surface area (Å²) < 4.78 is 64.2. The molecule has 0 spiro atoms. The lowest BCUT2D eigenvalue weighted by Gasteiger charge is -2.11. The zero-order chi connectivity index (χ0) is 26.4. The summed E-state index contributed by atoms with van der Waals surface area (Å²) in [5.74, 6) is -4.36. The largest absolute Gasteiger partial charge is 0.486 e. The molecule has 0 radical (unpaired) electrons. The van der Waals surface area contributed by atoms with Gasteiger partial charge in [0.1, 0.15) is 6.61 Å². The Hall–Kier alpha value is -3.93. The molecule has 190 valence electrons. The van der Waals surface area contributed by atoms with E-state index in [1.165, 1.54) is 54.6 Å². The predicted octanol–water partition coefficient (Wildman–Crippen LogP) is 8.94. The van der Waals surface area contributed by atoms with E-state index in [0.29, 0.717) is 16.8 Å². The Balaban J connectivity index is 1.57. The highest BCUT2D eigenvalue weighted by molar-refractivity contribution is 5.74. The third-order valence-electron chi connectivity index (χ3n) is 6.16. The molecule has 0 aliphatic carbocycles. The van der Waals surface area contributed by atoms with E-state index in [4.69, 9.17) is 4.74 Å². The standard InChI is InChI=1S/C31H27F4NO/c1-3-5-6-7-20-8-16-26(36-19-20)25-14-13-23(28(32)30(25)34)21-9-11-22(12-10-21)24-15-17-27(37-18-4-2)31(35)29(24)33/h4,8-17,19H,2-3,5-7,18H2,1H3. The van der Waals surface area contributed by atoms with Gasteiger partial charge in [0.05, 0.1) is 5.69 Å². The van der Waals surface area contributed by atoms with Gasteiger partial charge in [-0.25, -0.2) is 13.2 Å². The van der Waals surface area contributed by atoms with Gasteiger partial charge in [-0.1, -0.05) is 68.8 Å². The Kier molecular flexibility index (Phi) is 8.39. The first-order valence-corrected chi connectivity index (χ1v) is 12.2. The normalized spacial score (nSPS) is 10.9. The zero-order valence-corrected chi connectivity index (χ0v) is 20.5. The predicted molar refractivity (Wildman–Crippen MR) is 139 cm³/mol. The Morgan fingerprint density at radius 2 is 1.32 bits per heavy atom. The highest BCUT2D eigenvalue weighted by Gasteiger charge is 2.18. The summed E-state index contributed by atoms with van der Waals surface area (Å²) >= 11 is 0. The lowest BCUT2D eigenvalue weighted by molar-refractivity contribution is 0.333. The molecule has 37 heavy (non-hydrogen) atoms. The van der Waals surface area contributed by atoms with Crippen LogP contribution in [0.3, 0.4) is 0 Å². The van der Waals surface area contributed by atoms with Crippen LogP contribution >= 0.6 is 0 Å². The van der Waals surface area contributed by atoms with Crippen LogP contribution in [-0.4, -0.2) is 11.6 Å². The monoisotopic (exact) mass is 505 g/mol. The van der Waals surface area contributed by atoms with Crippen LogP contribution in [0.4, 0.5) is 17.6 Å². The van der Waals surface area contributed by atoms with Crippen LogP contribution in [0.2, 0.25) is 0 Å². The van der Waals surface area contributed by atoms with Gasteiger partial charge in [0, 0.05) is 22.9 Å². The highest BCUT2D eigenvalue weighted by Crippen LogP contribution is 2.34. The molecule has 4 aromatic rings. The molecule has 0 N–H and O–H groups in total. The van der Waals surface area contributed by atoms with E-state index < -0.39 is 23.3 Å². The van der Waals surface area contributed by atoms with Gasteiger partial charge in [0.2, 0.25) is 5.82 Å². The number of ether oxygens (including phenoxy) is 1. The van der Waals surface area contributed by atoms with Crippen molar-refractivity contribution in [1.82, 2.24) is 4.98 Å². The summed E-state index contributed by atoms with van der Waals surface area (Å²) in [5.41, 5.74) is 2.37. The number of halogens is 4. The molecule has 0 aliphatic rings. The van der Waals surface area contributed by atoms with Gasteiger partial charge in [-0.15, -0.1) is 0 Å². The summed E-state index contributed by atoms with van der Waals surface area (Å²) in [7, 11) is 0. The molecule has 2 nitrogen and oxygen atoms in total. The van der Waals surface area contributed by atoms with Gasteiger partial charge in [-0.3, -0.25) is 4.98 Å². The van der Waals surface area contributed by atoms with Crippen LogP contribution < -0.4 is 4.74 Å². The fourth-order valence-electron chi connectivity index (χ4n) is 4.13. The van der Waals surface area contributed by atoms with E-state index in [0.717, 1.165) is 31.2 Å². The topological polar surface area (TPSA) is 22.1 Å². The average Bonchev–Trinajstić information content (AvgIpc) is 2.92.